The van der Waals surface area contributed by atoms with E-state index in [2.05, 4.69) is 0 Å². The van der Waals surface area contributed by atoms with Crippen molar-refractivity contribution in [3.05, 3.63) is 29.6 Å². The van der Waals surface area contributed by atoms with Gasteiger partial charge in [0, 0.05) is 33.1 Å². The standard InChI is InChI=1S/C13H15FN2O3/c1-9(17)15-4-6-16(7-5-15)12-3-2-10(14)8-11(12)13(18)19/h2-3,8H,4-7H2,1H3,(H,18,19). The van der Waals surface area contributed by atoms with Crippen molar-refractivity contribution in [2.45, 2.75) is 6.92 Å². The number of hydrogen-bond acceptors (Lipinski definition) is 3. The minimum absolute atomic E-state index is 0.0113. The molecule has 19 heavy (non-hydrogen) atoms. The first kappa shape index (κ1) is 13.3. The summed E-state index contributed by atoms with van der Waals surface area (Å²) in [6, 6.07) is 3.75. The summed E-state index contributed by atoms with van der Waals surface area (Å²) in [7, 11) is 0. The number of carbonyl (C=O) groups is 2. The maximum absolute atomic E-state index is 13.1. The lowest BCUT2D eigenvalue weighted by atomic mass is 10.1. The molecule has 2 rings (SSSR count). The predicted molar refractivity (Wildman–Crippen MR) is 67.8 cm³/mol. The summed E-state index contributed by atoms with van der Waals surface area (Å²) >= 11 is 0. The number of piperazine rings is 1. The van der Waals surface area contributed by atoms with Gasteiger partial charge in [0.2, 0.25) is 5.91 Å². The van der Waals surface area contributed by atoms with Crippen LogP contribution in [0.4, 0.5) is 10.1 Å². The van der Waals surface area contributed by atoms with Crippen molar-refractivity contribution in [3.8, 4) is 0 Å². The third-order valence-electron chi connectivity index (χ3n) is 3.25. The van der Waals surface area contributed by atoms with Gasteiger partial charge in [0.25, 0.3) is 0 Å². The normalized spacial score (nSPS) is 15.5. The van der Waals surface area contributed by atoms with Crippen LogP contribution in [-0.2, 0) is 4.79 Å². The molecule has 0 aromatic heterocycles. The molecular weight excluding hydrogens is 251 g/mol. The molecule has 1 aromatic carbocycles. The van der Waals surface area contributed by atoms with Crippen molar-refractivity contribution in [3.63, 3.8) is 0 Å². The van der Waals surface area contributed by atoms with Gasteiger partial charge in [-0.25, -0.2) is 9.18 Å². The van der Waals surface area contributed by atoms with Gasteiger partial charge in [0.05, 0.1) is 11.3 Å². The number of nitrogens with zero attached hydrogens (tertiary/aromatic N) is 2. The van der Waals surface area contributed by atoms with Crippen molar-refractivity contribution in [2.75, 3.05) is 31.1 Å². The Morgan fingerprint density at radius 3 is 2.37 bits per heavy atom. The van der Waals surface area contributed by atoms with Crippen molar-refractivity contribution in [1.29, 1.82) is 0 Å². The molecule has 0 spiro atoms. The maximum atomic E-state index is 13.1. The van der Waals surface area contributed by atoms with E-state index in [9.17, 15) is 14.0 Å². The minimum Gasteiger partial charge on any atom is -0.478 e. The minimum atomic E-state index is -1.15. The third kappa shape index (κ3) is 2.83. The number of carboxylic acids is 1. The van der Waals surface area contributed by atoms with Crippen LogP contribution in [0.25, 0.3) is 0 Å². The van der Waals surface area contributed by atoms with Gasteiger partial charge in [-0.1, -0.05) is 0 Å². The zero-order valence-corrected chi connectivity index (χ0v) is 10.6. The summed E-state index contributed by atoms with van der Waals surface area (Å²) in [6.07, 6.45) is 0. The molecule has 1 N–H and O–H groups in total. The zero-order chi connectivity index (χ0) is 14.0. The van der Waals surface area contributed by atoms with Crippen LogP contribution < -0.4 is 4.90 Å². The molecule has 1 heterocycles. The fraction of sp³-hybridized carbons (Fsp3) is 0.385. The highest BCUT2D eigenvalue weighted by atomic mass is 19.1. The Kier molecular flexibility index (Phi) is 3.69. The average Bonchev–Trinajstić information content (AvgIpc) is 2.38. The first-order valence-electron chi connectivity index (χ1n) is 6.02. The average molecular weight is 266 g/mol. The lowest BCUT2D eigenvalue weighted by Crippen LogP contribution is -2.48. The van der Waals surface area contributed by atoms with Gasteiger partial charge in [0.1, 0.15) is 5.82 Å². The summed E-state index contributed by atoms with van der Waals surface area (Å²) in [6.45, 7) is 3.70. The second kappa shape index (κ2) is 5.26. The fourth-order valence-electron chi connectivity index (χ4n) is 2.22. The van der Waals surface area contributed by atoms with Gasteiger partial charge in [-0.3, -0.25) is 4.79 Å². The fourth-order valence-corrected chi connectivity index (χ4v) is 2.22. The van der Waals surface area contributed by atoms with Crippen molar-refractivity contribution >= 4 is 17.6 Å². The molecule has 1 aliphatic heterocycles. The molecule has 1 fully saturated rings. The number of anilines is 1. The molecule has 6 heteroatoms. The van der Waals surface area contributed by atoms with Gasteiger partial charge < -0.3 is 14.9 Å². The number of halogens is 1. The van der Waals surface area contributed by atoms with Crippen LogP contribution in [0.1, 0.15) is 17.3 Å². The van der Waals surface area contributed by atoms with Gasteiger partial charge in [-0.15, -0.1) is 0 Å². The van der Waals surface area contributed by atoms with E-state index in [1.807, 2.05) is 4.90 Å². The highest BCUT2D eigenvalue weighted by Crippen LogP contribution is 2.23. The van der Waals surface area contributed by atoms with Crippen LogP contribution in [-0.4, -0.2) is 48.1 Å². The van der Waals surface area contributed by atoms with Crippen LogP contribution in [0.2, 0.25) is 0 Å². The second-order valence-electron chi connectivity index (χ2n) is 4.46. The summed E-state index contributed by atoms with van der Waals surface area (Å²) in [4.78, 5) is 25.9. The Morgan fingerprint density at radius 1 is 1.21 bits per heavy atom. The molecular formula is C13H15FN2O3. The Labute approximate surface area is 110 Å². The largest absolute Gasteiger partial charge is 0.478 e. The van der Waals surface area contributed by atoms with E-state index in [-0.39, 0.29) is 11.5 Å². The highest BCUT2D eigenvalue weighted by molar-refractivity contribution is 5.94. The number of amides is 1. The Balaban J connectivity index is 2.20. The predicted octanol–water partition coefficient (Wildman–Crippen LogP) is 1.19. The smallest absolute Gasteiger partial charge is 0.337 e. The van der Waals surface area contributed by atoms with Gasteiger partial charge >= 0.3 is 5.97 Å². The third-order valence-corrected chi connectivity index (χ3v) is 3.25. The van der Waals surface area contributed by atoms with E-state index < -0.39 is 11.8 Å². The first-order chi connectivity index (χ1) is 8.99. The molecule has 102 valence electrons. The molecule has 0 radical (unpaired) electrons. The molecule has 0 saturated carbocycles. The summed E-state index contributed by atoms with van der Waals surface area (Å²) in [5.41, 5.74) is 0.452. The van der Waals surface area contributed by atoms with E-state index in [4.69, 9.17) is 5.11 Å². The highest BCUT2D eigenvalue weighted by Gasteiger charge is 2.22. The maximum Gasteiger partial charge on any atom is 0.337 e. The van der Waals surface area contributed by atoms with Crippen LogP contribution in [0.3, 0.4) is 0 Å². The second-order valence-corrected chi connectivity index (χ2v) is 4.46. The molecule has 1 amide bonds. The van der Waals surface area contributed by atoms with Gasteiger partial charge in [0.15, 0.2) is 0 Å². The number of benzene rings is 1. The van der Waals surface area contributed by atoms with Crippen molar-refractivity contribution < 1.29 is 19.1 Å². The van der Waals surface area contributed by atoms with Crippen LogP contribution >= 0.6 is 0 Å². The molecule has 1 aromatic rings. The van der Waals surface area contributed by atoms with E-state index in [1.165, 1.54) is 19.1 Å². The lowest BCUT2D eigenvalue weighted by Gasteiger charge is -2.36. The van der Waals surface area contributed by atoms with E-state index in [1.54, 1.807) is 4.90 Å². The van der Waals surface area contributed by atoms with E-state index in [0.717, 1.165) is 6.07 Å². The molecule has 1 saturated heterocycles. The summed E-state index contributed by atoms with van der Waals surface area (Å²) in [5, 5.41) is 9.10. The lowest BCUT2D eigenvalue weighted by molar-refractivity contribution is -0.129. The first-order valence-corrected chi connectivity index (χ1v) is 6.02. The van der Waals surface area contributed by atoms with Crippen LogP contribution in [0.15, 0.2) is 18.2 Å². The summed E-state index contributed by atoms with van der Waals surface area (Å²) < 4.78 is 13.1. The van der Waals surface area contributed by atoms with Crippen molar-refractivity contribution in [2.24, 2.45) is 0 Å². The van der Waals surface area contributed by atoms with Crippen molar-refractivity contribution in [1.82, 2.24) is 4.90 Å². The van der Waals surface area contributed by atoms with Crippen LogP contribution in [0, 0.1) is 5.82 Å². The molecule has 0 atom stereocenters. The Hall–Kier alpha value is -2.11. The molecule has 0 aliphatic carbocycles. The quantitative estimate of drug-likeness (QED) is 0.873. The topological polar surface area (TPSA) is 60.9 Å². The number of aromatic carboxylic acids is 1. The monoisotopic (exact) mass is 266 g/mol. The number of hydrogen-bond donors (Lipinski definition) is 1. The molecule has 0 bridgehead atoms. The zero-order valence-electron chi connectivity index (χ0n) is 10.6. The number of rotatable bonds is 2. The number of carbonyl (C=O) groups excluding carboxylic acids is 1. The van der Waals surface area contributed by atoms with Gasteiger partial charge in [-0.05, 0) is 18.2 Å². The molecule has 0 unspecified atom stereocenters. The Bertz CT molecular complexity index is 511. The van der Waals surface area contributed by atoms with Crippen LogP contribution in [0.5, 0.6) is 0 Å². The SMILES string of the molecule is CC(=O)N1CCN(c2ccc(F)cc2C(=O)O)CC1. The summed E-state index contributed by atoms with van der Waals surface area (Å²) in [5.74, 6) is -1.70. The van der Waals surface area contributed by atoms with E-state index >= 15 is 0 Å². The van der Waals surface area contributed by atoms with Gasteiger partial charge in [-0.2, -0.15) is 0 Å². The molecule has 1 aliphatic rings. The molecule has 5 nitrogen and oxygen atoms in total. The number of carboxylic acid groups (broad SMARTS) is 1. The van der Waals surface area contributed by atoms with E-state index in [0.29, 0.717) is 31.9 Å². The Morgan fingerprint density at radius 2 is 1.84 bits per heavy atom.